The quantitative estimate of drug-likeness (QED) is 0.113. The first-order valence-corrected chi connectivity index (χ1v) is 13.5. The van der Waals surface area contributed by atoms with E-state index in [9.17, 15) is 4.79 Å². The zero-order chi connectivity index (χ0) is 28.1. The summed E-state index contributed by atoms with van der Waals surface area (Å²) in [5.41, 5.74) is 8.08. The van der Waals surface area contributed by atoms with Gasteiger partial charge >= 0.3 is 0 Å². The summed E-state index contributed by atoms with van der Waals surface area (Å²) in [5.74, 6) is -0.0625. The maximum Gasteiger partial charge on any atom is 0.155 e. The van der Waals surface area contributed by atoms with Gasteiger partial charge in [-0.15, -0.1) is 29.1 Å². The van der Waals surface area contributed by atoms with Gasteiger partial charge in [0.2, 0.25) is 0 Å². The minimum atomic E-state index is -0.125. The van der Waals surface area contributed by atoms with E-state index < -0.39 is 0 Å². The van der Waals surface area contributed by atoms with E-state index in [0.29, 0.717) is 0 Å². The number of furan rings is 1. The molecular formula is C35H36IrNO3-. The van der Waals surface area contributed by atoms with Gasteiger partial charge < -0.3 is 9.52 Å². The molecule has 3 aromatic carbocycles. The number of pyridine rings is 1. The van der Waals surface area contributed by atoms with Crippen molar-refractivity contribution in [1.29, 1.82) is 0 Å². The zero-order valence-electron chi connectivity index (χ0n) is 24.2. The number of hydrogen-bond acceptors (Lipinski definition) is 4. The Hall–Kier alpha value is -3.27. The Morgan fingerprint density at radius 1 is 0.950 bits per heavy atom. The minimum absolute atomic E-state index is 0. The monoisotopic (exact) mass is 711 g/mol. The number of aliphatic hydroxyl groups is 1. The predicted molar refractivity (Wildman–Crippen MR) is 160 cm³/mol. The number of allylic oxidation sites excluding steroid dienone is 2. The van der Waals surface area contributed by atoms with E-state index in [0.717, 1.165) is 33.2 Å². The Bertz CT molecular complexity index is 1770. The molecule has 0 fully saturated rings. The second-order valence-corrected chi connectivity index (χ2v) is 12.1. The van der Waals surface area contributed by atoms with Crippen LogP contribution in [0.15, 0.2) is 71.0 Å². The van der Waals surface area contributed by atoms with Gasteiger partial charge in [0, 0.05) is 48.8 Å². The van der Waals surface area contributed by atoms with Crippen LogP contribution < -0.4 is 0 Å². The number of benzene rings is 3. The van der Waals surface area contributed by atoms with Gasteiger partial charge in [0.25, 0.3) is 0 Å². The van der Waals surface area contributed by atoms with E-state index in [4.69, 9.17) is 14.5 Å². The average Bonchev–Trinajstić information content (AvgIpc) is 3.24. The molecule has 1 radical (unpaired) electrons. The number of aromatic nitrogens is 1. The summed E-state index contributed by atoms with van der Waals surface area (Å²) in [6.45, 7) is 14.5. The van der Waals surface area contributed by atoms with Crippen LogP contribution in [0, 0.1) is 13.0 Å². The molecule has 1 aliphatic carbocycles. The van der Waals surface area contributed by atoms with Crippen molar-refractivity contribution in [2.45, 2.75) is 72.1 Å². The smallest absolute Gasteiger partial charge is 0.155 e. The normalized spacial score (nSPS) is 15.7. The molecule has 0 amide bonds. The van der Waals surface area contributed by atoms with Crippen molar-refractivity contribution in [2.24, 2.45) is 0 Å². The summed E-state index contributed by atoms with van der Waals surface area (Å²) in [6.07, 6.45) is 5.46. The number of ketones is 1. The van der Waals surface area contributed by atoms with Crippen LogP contribution in [0.25, 0.3) is 44.0 Å². The molecule has 0 saturated heterocycles. The largest absolute Gasteiger partial charge is 0.512 e. The average molecular weight is 711 g/mol. The molecule has 4 nitrogen and oxygen atoms in total. The van der Waals surface area contributed by atoms with Gasteiger partial charge in [-0.3, -0.25) is 9.78 Å². The number of nitrogens with zero attached hydrogens (tertiary/aromatic N) is 1. The number of rotatable bonds is 2. The van der Waals surface area contributed by atoms with Crippen LogP contribution in [0.2, 0.25) is 0 Å². The Labute approximate surface area is 249 Å². The van der Waals surface area contributed by atoms with Crippen LogP contribution >= 0.6 is 0 Å². The number of hydrogen-bond donors (Lipinski definition) is 1. The topological polar surface area (TPSA) is 63.3 Å². The number of aliphatic hydroxyl groups excluding tert-OH is 1. The first-order chi connectivity index (χ1) is 18.4. The van der Waals surface area contributed by atoms with Crippen molar-refractivity contribution < 1.29 is 34.4 Å². The molecule has 2 aromatic heterocycles. The Kier molecular flexibility index (Phi) is 8.13. The van der Waals surface area contributed by atoms with E-state index in [1.165, 1.54) is 60.2 Å². The SMILES string of the molecule is CC(=O)/C=C(/C)O.Cc1cc(-c2nccc3c2oc2cc4c(cc23)C(C)(C)CCC4(C)C)[c-]c2ccccc12.[Ir]. The van der Waals surface area contributed by atoms with Crippen molar-refractivity contribution in [3.8, 4) is 11.3 Å². The second kappa shape index (κ2) is 11.0. The summed E-state index contributed by atoms with van der Waals surface area (Å²) in [4.78, 5) is 14.8. The first kappa shape index (κ1) is 29.7. The van der Waals surface area contributed by atoms with Crippen LogP contribution in [-0.2, 0) is 35.7 Å². The van der Waals surface area contributed by atoms with Crippen molar-refractivity contribution >= 4 is 38.5 Å². The van der Waals surface area contributed by atoms with Crippen molar-refractivity contribution in [3.05, 3.63) is 89.3 Å². The van der Waals surface area contributed by atoms with E-state index >= 15 is 0 Å². The van der Waals surface area contributed by atoms with Gasteiger partial charge in [-0.25, -0.2) is 0 Å². The minimum Gasteiger partial charge on any atom is -0.512 e. The van der Waals surface area contributed by atoms with Crippen molar-refractivity contribution in [2.75, 3.05) is 0 Å². The molecule has 1 N–H and O–H groups in total. The summed E-state index contributed by atoms with van der Waals surface area (Å²) >= 11 is 0. The van der Waals surface area contributed by atoms with Crippen LogP contribution in [-0.4, -0.2) is 15.9 Å². The summed E-state index contributed by atoms with van der Waals surface area (Å²) in [5, 5.41) is 13.0. The first-order valence-electron chi connectivity index (χ1n) is 13.5. The number of fused-ring (bicyclic) bond motifs is 5. The van der Waals surface area contributed by atoms with Crippen LogP contribution in [0.4, 0.5) is 0 Å². The molecule has 0 saturated carbocycles. The van der Waals surface area contributed by atoms with Crippen LogP contribution in [0.1, 0.15) is 71.1 Å². The van der Waals surface area contributed by atoms with Gasteiger partial charge in [0.15, 0.2) is 5.78 Å². The fraction of sp³-hybridized carbons (Fsp3) is 0.314. The molecule has 0 bridgehead atoms. The Morgan fingerprint density at radius 3 is 2.23 bits per heavy atom. The predicted octanol–water partition coefficient (Wildman–Crippen LogP) is 9.29. The molecule has 1 aliphatic rings. The Morgan fingerprint density at radius 2 is 1.60 bits per heavy atom. The van der Waals surface area contributed by atoms with Gasteiger partial charge in [0.1, 0.15) is 11.2 Å². The zero-order valence-corrected chi connectivity index (χ0v) is 26.6. The number of carbonyl (C=O) groups is 1. The fourth-order valence-corrected chi connectivity index (χ4v) is 5.79. The van der Waals surface area contributed by atoms with Crippen LogP contribution in [0.5, 0.6) is 0 Å². The molecule has 2 heterocycles. The van der Waals surface area contributed by atoms with Crippen molar-refractivity contribution in [1.82, 2.24) is 4.98 Å². The summed E-state index contributed by atoms with van der Waals surface area (Å²) in [6, 6.07) is 20.9. The molecular weight excluding hydrogens is 675 g/mol. The summed E-state index contributed by atoms with van der Waals surface area (Å²) < 4.78 is 6.54. The molecule has 6 rings (SSSR count). The molecule has 209 valence electrons. The maximum atomic E-state index is 10.0. The number of aryl methyl sites for hydroxylation is 1. The third kappa shape index (κ3) is 5.50. The summed E-state index contributed by atoms with van der Waals surface area (Å²) in [7, 11) is 0. The van der Waals surface area contributed by atoms with Gasteiger partial charge in [-0.05, 0) is 66.8 Å². The molecule has 5 heteroatoms. The van der Waals surface area contributed by atoms with E-state index in [2.05, 4.69) is 89.2 Å². The molecule has 0 aliphatic heterocycles. The molecule has 0 unspecified atom stereocenters. The Balaban J connectivity index is 0.000000413. The van der Waals surface area contributed by atoms with Gasteiger partial charge in [0.05, 0.1) is 5.76 Å². The molecule has 5 aromatic rings. The third-order valence-electron chi connectivity index (χ3n) is 8.01. The molecule has 0 atom stereocenters. The van der Waals surface area contributed by atoms with Gasteiger partial charge in [-0.2, -0.15) is 0 Å². The van der Waals surface area contributed by atoms with E-state index in [1.807, 2.05) is 6.20 Å². The maximum absolute atomic E-state index is 10.0. The van der Waals surface area contributed by atoms with Crippen molar-refractivity contribution in [3.63, 3.8) is 0 Å². The molecule has 0 spiro atoms. The standard InChI is InChI=1S/C30H28NO.C5H8O2.Ir/c1-18-14-20(15-19-8-6-7-9-21(18)19)27-28-22(10-13-31-27)23-16-24-25(17-26(23)32-28)30(4,5)12-11-29(24,2)3;1-4(6)3-5(2)7;/h6-10,13-14,16-17H,11-12H2,1-5H3;3,6H,1-2H3;/q-1;;/b;4-3-;. The second-order valence-electron chi connectivity index (χ2n) is 12.1. The number of carbonyl (C=O) groups excluding carboxylic acids is 1. The van der Waals surface area contributed by atoms with Crippen LogP contribution in [0.3, 0.4) is 0 Å². The van der Waals surface area contributed by atoms with E-state index in [-0.39, 0.29) is 42.5 Å². The fourth-order valence-electron chi connectivity index (χ4n) is 5.79. The van der Waals surface area contributed by atoms with Gasteiger partial charge in [-0.1, -0.05) is 63.8 Å². The third-order valence-corrected chi connectivity index (χ3v) is 8.01. The van der Waals surface area contributed by atoms with E-state index in [1.54, 1.807) is 0 Å². The molecule has 40 heavy (non-hydrogen) atoms.